The quantitative estimate of drug-likeness (QED) is 0.563. The minimum atomic E-state index is 0.498. The predicted octanol–water partition coefficient (Wildman–Crippen LogP) is 2.16. The zero-order chi connectivity index (χ0) is 20.1. The van der Waals surface area contributed by atoms with Gasteiger partial charge in [0.1, 0.15) is 5.82 Å². The number of aryl methyl sites for hydroxylation is 3. The number of hydrogen-bond donors (Lipinski definition) is 2. The van der Waals surface area contributed by atoms with Gasteiger partial charge < -0.3 is 15.2 Å². The van der Waals surface area contributed by atoms with E-state index in [-0.39, 0.29) is 0 Å². The number of hydrogen-bond acceptors (Lipinski definition) is 4. The Labute approximate surface area is 167 Å². The maximum absolute atomic E-state index is 4.92. The van der Waals surface area contributed by atoms with E-state index in [2.05, 4.69) is 39.8 Å². The van der Waals surface area contributed by atoms with Gasteiger partial charge in [0.25, 0.3) is 0 Å². The van der Waals surface area contributed by atoms with Crippen LogP contribution in [0.3, 0.4) is 0 Å². The summed E-state index contributed by atoms with van der Waals surface area (Å²) in [6, 6.07) is 0.498. The van der Waals surface area contributed by atoms with E-state index < -0.39 is 0 Å². The summed E-state index contributed by atoms with van der Waals surface area (Å²) in [5, 5.41) is 20.1. The van der Waals surface area contributed by atoms with Crippen molar-refractivity contribution >= 4 is 5.96 Å². The van der Waals surface area contributed by atoms with E-state index in [4.69, 9.17) is 4.99 Å². The van der Waals surface area contributed by atoms with Gasteiger partial charge in [-0.15, -0.1) is 10.2 Å². The second-order valence-electron chi connectivity index (χ2n) is 7.57. The van der Waals surface area contributed by atoms with Crippen molar-refractivity contribution in [1.82, 2.24) is 35.2 Å². The lowest BCUT2D eigenvalue weighted by molar-refractivity contribution is 0.606. The molecule has 0 amide bonds. The van der Waals surface area contributed by atoms with E-state index in [0.717, 1.165) is 36.1 Å². The van der Waals surface area contributed by atoms with Gasteiger partial charge in [0.2, 0.25) is 0 Å². The van der Waals surface area contributed by atoms with Crippen molar-refractivity contribution in [3.05, 3.63) is 28.6 Å². The lowest BCUT2D eigenvalue weighted by Crippen LogP contribution is -2.42. The van der Waals surface area contributed by atoms with Gasteiger partial charge in [0, 0.05) is 31.4 Å². The molecule has 8 nitrogen and oxygen atoms in total. The molecule has 0 bridgehead atoms. The van der Waals surface area contributed by atoms with Crippen LogP contribution in [0, 0.1) is 6.92 Å². The van der Waals surface area contributed by atoms with Crippen molar-refractivity contribution < 1.29 is 0 Å². The molecule has 1 aliphatic rings. The molecule has 1 fully saturated rings. The van der Waals surface area contributed by atoms with Crippen LogP contribution in [0.25, 0.3) is 0 Å². The van der Waals surface area contributed by atoms with Gasteiger partial charge in [-0.3, -0.25) is 4.68 Å². The van der Waals surface area contributed by atoms with E-state index in [1.165, 1.54) is 36.9 Å². The van der Waals surface area contributed by atoms with Crippen LogP contribution < -0.4 is 10.6 Å². The first-order valence-corrected chi connectivity index (χ1v) is 10.5. The Morgan fingerprint density at radius 2 is 1.89 bits per heavy atom. The second-order valence-corrected chi connectivity index (χ2v) is 7.57. The van der Waals surface area contributed by atoms with Crippen LogP contribution in [0.4, 0.5) is 0 Å². The summed E-state index contributed by atoms with van der Waals surface area (Å²) in [6.07, 6.45) is 6.88. The Morgan fingerprint density at radius 3 is 2.50 bits per heavy atom. The standard InChI is InChI=1S/C20H34N8/c1-6-17-16(18(7-2)28(5)26-17)12-21-20(23-15-10-8-9-11-15)22-13-19-25-24-14(3)27(19)4/h15H,6-13H2,1-5H3,(H2,21,22,23). The number of nitrogens with one attached hydrogen (secondary N) is 2. The maximum Gasteiger partial charge on any atom is 0.192 e. The third-order valence-corrected chi connectivity index (χ3v) is 5.72. The number of aromatic nitrogens is 5. The fraction of sp³-hybridized carbons (Fsp3) is 0.700. The molecule has 0 unspecified atom stereocenters. The first-order chi connectivity index (χ1) is 13.5. The largest absolute Gasteiger partial charge is 0.354 e. The first-order valence-electron chi connectivity index (χ1n) is 10.5. The molecule has 1 saturated carbocycles. The molecule has 2 N–H and O–H groups in total. The lowest BCUT2D eigenvalue weighted by Gasteiger charge is -2.17. The Bertz CT molecular complexity index is 811. The van der Waals surface area contributed by atoms with Crippen molar-refractivity contribution in [3.63, 3.8) is 0 Å². The Balaban J connectivity index is 1.76. The number of aliphatic imine (C=N–C) groups is 1. The summed E-state index contributed by atoms with van der Waals surface area (Å²) in [4.78, 5) is 4.92. The third kappa shape index (κ3) is 4.54. The van der Waals surface area contributed by atoms with Gasteiger partial charge in [-0.2, -0.15) is 5.10 Å². The molecule has 0 radical (unpaired) electrons. The molecule has 28 heavy (non-hydrogen) atoms. The van der Waals surface area contributed by atoms with E-state index in [0.29, 0.717) is 19.1 Å². The summed E-state index contributed by atoms with van der Waals surface area (Å²) in [5.41, 5.74) is 3.67. The highest BCUT2D eigenvalue weighted by Crippen LogP contribution is 2.19. The zero-order valence-corrected chi connectivity index (χ0v) is 17.9. The highest BCUT2D eigenvalue weighted by Gasteiger charge is 2.18. The van der Waals surface area contributed by atoms with Crippen LogP contribution in [-0.2, 0) is 40.0 Å². The summed E-state index contributed by atoms with van der Waals surface area (Å²) in [6.45, 7) is 7.53. The molecule has 0 aliphatic heterocycles. The molecule has 0 atom stereocenters. The van der Waals surface area contributed by atoms with Crippen LogP contribution in [0.2, 0.25) is 0 Å². The van der Waals surface area contributed by atoms with E-state index >= 15 is 0 Å². The number of guanidine groups is 1. The highest BCUT2D eigenvalue weighted by atomic mass is 15.3. The first kappa shape index (κ1) is 20.4. The fourth-order valence-electron chi connectivity index (χ4n) is 3.91. The molecule has 8 heteroatoms. The van der Waals surface area contributed by atoms with Gasteiger partial charge in [-0.1, -0.05) is 26.7 Å². The SMILES string of the molecule is CCc1nn(C)c(CC)c1CN=C(NCc1nnc(C)n1C)NC1CCCC1. The summed E-state index contributed by atoms with van der Waals surface area (Å²) < 4.78 is 4.01. The molecule has 1 aliphatic carbocycles. The summed E-state index contributed by atoms with van der Waals surface area (Å²) >= 11 is 0. The Hall–Kier alpha value is -2.38. The van der Waals surface area contributed by atoms with Gasteiger partial charge in [0.05, 0.1) is 18.8 Å². The van der Waals surface area contributed by atoms with E-state index in [1.54, 1.807) is 0 Å². The Kier molecular flexibility index (Phi) is 6.70. The van der Waals surface area contributed by atoms with Gasteiger partial charge in [-0.25, -0.2) is 4.99 Å². The monoisotopic (exact) mass is 386 g/mol. The van der Waals surface area contributed by atoms with E-state index in [9.17, 15) is 0 Å². The van der Waals surface area contributed by atoms with Crippen LogP contribution in [0.1, 0.15) is 68.1 Å². The van der Waals surface area contributed by atoms with Crippen LogP contribution in [-0.4, -0.2) is 36.5 Å². The normalized spacial score (nSPS) is 15.4. The number of nitrogens with zero attached hydrogens (tertiary/aromatic N) is 6. The minimum absolute atomic E-state index is 0.498. The Morgan fingerprint density at radius 1 is 1.14 bits per heavy atom. The van der Waals surface area contributed by atoms with Crippen molar-refractivity contribution in [2.24, 2.45) is 19.1 Å². The maximum atomic E-state index is 4.92. The average molecular weight is 387 g/mol. The van der Waals surface area contributed by atoms with Crippen LogP contribution in [0.15, 0.2) is 4.99 Å². The predicted molar refractivity (Wildman–Crippen MR) is 111 cm³/mol. The smallest absolute Gasteiger partial charge is 0.192 e. The summed E-state index contributed by atoms with van der Waals surface area (Å²) in [7, 11) is 4.02. The third-order valence-electron chi connectivity index (χ3n) is 5.72. The molecule has 2 aromatic rings. The molecule has 154 valence electrons. The van der Waals surface area contributed by atoms with Gasteiger partial charge in [-0.05, 0) is 32.6 Å². The van der Waals surface area contributed by atoms with Crippen molar-refractivity contribution in [1.29, 1.82) is 0 Å². The molecular weight excluding hydrogens is 352 g/mol. The van der Waals surface area contributed by atoms with Crippen LogP contribution >= 0.6 is 0 Å². The molecule has 2 aromatic heterocycles. The highest BCUT2D eigenvalue weighted by molar-refractivity contribution is 5.80. The van der Waals surface area contributed by atoms with Gasteiger partial charge >= 0.3 is 0 Å². The van der Waals surface area contributed by atoms with E-state index in [1.807, 2.05) is 30.3 Å². The average Bonchev–Trinajstić information content (AvgIpc) is 3.39. The topological polar surface area (TPSA) is 85.0 Å². The van der Waals surface area contributed by atoms with Gasteiger partial charge in [0.15, 0.2) is 11.8 Å². The fourth-order valence-corrected chi connectivity index (χ4v) is 3.91. The number of rotatable bonds is 7. The summed E-state index contributed by atoms with van der Waals surface area (Å²) in [5.74, 6) is 2.67. The molecule has 3 rings (SSSR count). The van der Waals surface area contributed by atoms with Crippen molar-refractivity contribution in [2.45, 2.75) is 78.4 Å². The molecular formula is C20H34N8. The molecule has 0 spiro atoms. The van der Waals surface area contributed by atoms with Crippen molar-refractivity contribution in [3.8, 4) is 0 Å². The molecule has 0 saturated heterocycles. The van der Waals surface area contributed by atoms with Crippen molar-refractivity contribution in [2.75, 3.05) is 0 Å². The zero-order valence-electron chi connectivity index (χ0n) is 17.9. The molecule has 2 heterocycles. The van der Waals surface area contributed by atoms with Crippen LogP contribution in [0.5, 0.6) is 0 Å². The second kappa shape index (κ2) is 9.21. The minimum Gasteiger partial charge on any atom is -0.354 e. The molecule has 0 aromatic carbocycles. The lowest BCUT2D eigenvalue weighted by atomic mass is 10.1.